The van der Waals surface area contributed by atoms with Gasteiger partial charge in [0.1, 0.15) is 24.8 Å². The van der Waals surface area contributed by atoms with Crippen LogP contribution in [0.2, 0.25) is 0 Å². The van der Waals surface area contributed by atoms with Crippen LogP contribution in [0.15, 0.2) is 48.5 Å². The molecule has 0 aliphatic heterocycles. The van der Waals surface area contributed by atoms with Crippen LogP contribution in [0, 0.1) is 5.82 Å². The Balaban J connectivity index is 1.87. The molecule has 2 aromatic carbocycles. The van der Waals surface area contributed by atoms with E-state index < -0.39 is 5.82 Å². The van der Waals surface area contributed by atoms with Crippen LogP contribution in [0.4, 0.5) is 10.1 Å². The van der Waals surface area contributed by atoms with Gasteiger partial charge in [0.05, 0.1) is 16.7 Å². The average molecular weight is 313 g/mol. The number of hydrogen-bond acceptors (Lipinski definition) is 3. The lowest BCUT2D eigenvalue weighted by Crippen LogP contribution is -2.21. The fourth-order valence-corrected chi connectivity index (χ4v) is 2.44. The number of anilines is 1. The molecule has 1 aromatic heterocycles. The number of fused-ring (bicyclic) bond motifs is 1. The van der Waals surface area contributed by atoms with E-state index in [1.165, 1.54) is 12.1 Å². The molecule has 0 spiro atoms. The van der Waals surface area contributed by atoms with Gasteiger partial charge in [-0.1, -0.05) is 24.3 Å². The lowest BCUT2D eigenvalue weighted by atomic mass is 10.3. The fraction of sp³-hybridized carbons (Fsp3) is 0.176. The topological polar surface area (TPSA) is 56.2 Å². The van der Waals surface area contributed by atoms with Gasteiger partial charge >= 0.3 is 0 Å². The van der Waals surface area contributed by atoms with E-state index in [1.807, 2.05) is 24.3 Å². The number of rotatable bonds is 5. The van der Waals surface area contributed by atoms with Gasteiger partial charge < -0.3 is 14.6 Å². The predicted octanol–water partition coefficient (Wildman–Crippen LogP) is 2.96. The van der Waals surface area contributed by atoms with Gasteiger partial charge in [-0.25, -0.2) is 9.37 Å². The van der Waals surface area contributed by atoms with Crippen LogP contribution in [-0.2, 0) is 22.7 Å². The van der Waals surface area contributed by atoms with Crippen LogP contribution in [0.1, 0.15) is 5.82 Å². The highest BCUT2D eigenvalue weighted by molar-refractivity contribution is 5.91. The molecule has 5 nitrogen and oxygen atoms in total. The molecule has 0 bridgehead atoms. The molecule has 118 valence electrons. The van der Waals surface area contributed by atoms with Crippen LogP contribution in [-0.4, -0.2) is 22.6 Å². The van der Waals surface area contributed by atoms with Gasteiger partial charge in [0.25, 0.3) is 0 Å². The van der Waals surface area contributed by atoms with E-state index in [2.05, 4.69) is 10.3 Å². The fourth-order valence-electron chi connectivity index (χ4n) is 2.44. The Labute approximate surface area is 132 Å². The summed E-state index contributed by atoms with van der Waals surface area (Å²) in [6, 6.07) is 13.6. The zero-order chi connectivity index (χ0) is 16.2. The number of ether oxygens (including phenoxy) is 1. The lowest BCUT2D eigenvalue weighted by molar-refractivity contribution is -0.116. The molecule has 3 aromatic rings. The number of nitrogens with zero attached hydrogens (tertiary/aromatic N) is 2. The molecule has 1 amide bonds. The van der Waals surface area contributed by atoms with Crippen molar-refractivity contribution in [3.63, 3.8) is 0 Å². The number of carbonyl (C=O) groups is 1. The summed E-state index contributed by atoms with van der Waals surface area (Å²) in [5, 5.41) is 2.58. The van der Waals surface area contributed by atoms with Gasteiger partial charge in [-0.2, -0.15) is 0 Å². The maximum absolute atomic E-state index is 13.6. The number of nitrogens with one attached hydrogen (secondary N) is 1. The van der Waals surface area contributed by atoms with Gasteiger partial charge in [-0.05, 0) is 24.3 Å². The van der Waals surface area contributed by atoms with Crippen molar-refractivity contribution in [1.82, 2.24) is 9.55 Å². The van der Waals surface area contributed by atoms with Crippen molar-refractivity contribution < 1.29 is 13.9 Å². The molecular formula is C17H16FN3O2. The summed E-state index contributed by atoms with van der Waals surface area (Å²) in [4.78, 5) is 16.7. The van der Waals surface area contributed by atoms with E-state index in [0.29, 0.717) is 12.4 Å². The molecule has 3 rings (SSSR count). The smallest absolute Gasteiger partial charge is 0.244 e. The highest BCUT2D eigenvalue weighted by atomic mass is 19.1. The molecule has 0 aliphatic carbocycles. The van der Waals surface area contributed by atoms with Crippen molar-refractivity contribution in [2.45, 2.75) is 13.2 Å². The lowest BCUT2D eigenvalue weighted by Gasteiger charge is -2.10. The Kier molecular flexibility index (Phi) is 4.34. The molecule has 0 unspecified atom stereocenters. The summed E-state index contributed by atoms with van der Waals surface area (Å²) < 4.78 is 20.5. The number of amides is 1. The quantitative estimate of drug-likeness (QED) is 0.788. The highest BCUT2D eigenvalue weighted by Crippen LogP contribution is 2.17. The van der Waals surface area contributed by atoms with E-state index in [1.54, 1.807) is 23.8 Å². The highest BCUT2D eigenvalue weighted by Gasteiger charge is 2.14. The first-order valence-corrected chi connectivity index (χ1v) is 7.16. The molecule has 1 N–H and O–H groups in total. The summed E-state index contributed by atoms with van der Waals surface area (Å²) in [6.07, 6.45) is 0. The summed E-state index contributed by atoms with van der Waals surface area (Å²) >= 11 is 0. The number of aromatic nitrogens is 2. The Bertz CT molecular complexity index is 845. The van der Waals surface area contributed by atoms with Crippen LogP contribution in [0.5, 0.6) is 0 Å². The number of imidazole rings is 1. The molecule has 0 atom stereocenters. The monoisotopic (exact) mass is 313 g/mol. The van der Waals surface area contributed by atoms with Crippen LogP contribution < -0.4 is 5.32 Å². The number of hydrogen-bond donors (Lipinski definition) is 1. The zero-order valence-electron chi connectivity index (χ0n) is 12.6. The number of halogens is 1. The van der Waals surface area contributed by atoms with Crippen LogP contribution >= 0.6 is 0 Å². The minimum atomic E-state index is -0.464. The van der Waals surface area contributed by atoms with Crippen molar-refractivity contribution in [2.75, 3.05) is 12.4 Å². The van der Waals surface area contributed by atoms with Crippen molar-refractivity contribution in [2.24, 2.45) is 0 Å². The summed E-state index contributed by atoms with van der Waals surface area (Å²) in [5.74, 6) is -0.138. The molecule has 1 heterocycles. The predicted molar refractivity (Wildman–Crippen MR) is 85.5 cm³/mol. The molecule has 0 fully saturated rings. The summed E-state index contributed by atoms with van der Waals surface area (Å²) in [6.45, 7) is 0.329. The van der Waals surface area contributed by atoms with Gasteiger partial charge in [0.15, 0.2) is 0 Å². The van der Waals surface area contributed by atoms with Gasteiger partial charge in [-0.15, -0.1) is 0 Å². The SMILES string of the molecule is COCc1nc2ccccc2n1CC(=O)Nc1ccccc1F. The minimum Gasteiger partial charge on any atom is -0.377 e. The van der Waals surface area contributed by atoms with Crippen molar-refractivity contribution in [3.8, 4) is 0 Å². The molecule has 0 aliphatic rings. The van der Waals surface area contributed by atoms with Crippen LogP contribution in [0.3, 0.4) is 0 Å². The first-order chi connectivity index (χ1) is 11.2. The van der Waals surface area contributed by atoms with E-state index in [4.69, 9.17) is 4.74 Å². The number of methoxy groups -OCH3 is 1. The Hall–Kier alpha value is -2.73. The number of para-hydroxylation sites is 3. The third-order valence-corrected chi connectivity index (χ3v) is 3.46. The van der Waals surface area contributed by atoms with Crippen molar-refractivity contribution in [3.05, 3.63) is 60.2 Å². The zero-order valence-corrected chi connectivity index (χ0v) is 12.6. The van der Waals surface area contributed by atoms with Crippen molar-refractivity contribution >= 4 is 22.6 Å². The maximum atomic E-state index is 13.6. The summed E-state index contributed by atoms with van der Waals surface area (Å²) in [5.41, 5.74) is 1.79. The Morgan fingerprint density at radius 2 is 1.96 bits per heavy atom. The third kappa shape index (κ3) is 3.22. The first-order valence-electron chi connectivity index (χ1n) is 7.16. The molecule has 0 saturated carbocycles. The van der Waals surface area contributed by atoms with E-state index in [-0.39, 0.29) is 18.1 Å². The van der Waals surface area contributed by atoms with Gasteiger partial charge in [0, 0.05) is 7.11 Å². The molecule has 0 radical (unpaired) electrons. The molecular weight excluding hydrogens is 297 g/mol. The van der Waals surface area contributed by atoms with E-state index >= 15 is 0 Å². The standard InChI is InChI=1S/C17H16FN3O2/c1-23-11-16-19-14-8-4-5-9-15(14)21(16)10-17(22)20-13-7-3-2-6-12(13)18/h2-9H,10-11H2,1H3,(H,20,22). The Morgan fingerprint density at radius 3 is 2.74 bits per heavy atom. The second-order valence-electron chi connectivity index (χ2n) is 5.06. The minimum absolute atomic E-state index is 0.0353. The van der Waals surface area contributed by atoms with Crippen LogP contribution in [0.25, 0.3) is 11.0 Å². The van der Waals surface area contributed by atoms with E-state index in [0.717, 1.165) is 11.0 Å². The second-order valence-corrected chi connectivity index (χ2v) is 5.06. The Morgan fingerprint density at radius 1 is 1.22 bits per heavy atom. The van der Waals surface area contributed by atoms with E-state index in [9.17, 15) is 9.18 Å². The maximum Gasteiger partial charge on any atom is 0.244 e. The molecule has 6 heteroatoms. The van der Waals surface area contributed by atoms with Gasteiger partial charge in [-0.3, -0.25) is 4.79 Å². The van der Waals surface area contributed by atoms with Crippen molar-refractivity contribution in [1.29, 1.82) is 0 Å². The number of benzene rings is 2. The van der Waals surface area contributed by atoms with Gasteiger partial charge in [0.2, 0.25) is 5.91 Å². The molecule has 23 heavy (non-hydrogen) atoms. The number of carbonyl (C=O) groups excluding carboxylic acids is 1. The first kappa shape index (κ1) is 15.2. The summed E-state index contributed by atoms with van der Waals surface area (Å²) in [7, 11) is 1.57. The normalized spacial score (nSPS) is 10.9. The second kappa shape index (κ2) is 6.58. The average Bonchev–Trinajstić information content (AvgIpc) is 2.88. The molecule has 0 saturated heterocycles. The third-order valence-electron chi connectivity index (χ3n) is 3.46. The largest absolute Gasteiger partial charge is 0.377 e.